The molecule has 0 fully saturated rings. The van der Waals surface area contributed by atoms with Crippen molar-refractivity contribution < 1.29 is 9.53 Å². The van der Waals surface area contributed by atoms with Crippen molar-refractivity contribution in [2.45, 2.75) is 39.3 Å². The maximum Gasteiger partial charge on any atom is 0.323 e. The monoisotopic (exact) mass is 562 g/mol. The molecule has 2 amide bonds. The molecule has 0 spiro atoms. The zero-order valence-corrected chi connectivity index (χ0v) is 24.2. The van der Waals surface area contributed by atoms with Crippen LogP contribution in [0.5, 0.6) is 11.5 Å². The van der Waals surface area contributed by atoms with Gasteiger partial charge in [-0.2, -0.15) is 10.2 Å². The van der Waals surface area contributed by atoms with Crippen LogP contribution in [-0.2, 0) is 25.6 Å². The Morgan fingerprint density at radius 3 is 2.55 bits per heavy atom. The maximum absolute atomic E-state index is 13.1. The van der Waals surface area contributed by atoms with Gasteiger partial charge in [-0.25, -0.2) is 4.79 Å². The molecule has 2 aromatic carbocycles. The van der Waals surface area contributed by atoms with E-state index in [1.807, 2.05) is 42.3 Å². The summed E-state index contributed by atoms with van der Waals surface area (Å²) < 4.78 is 9.66. The lowest BCUT2D eigenvalue weighted by atomic mass is 9.97. The third-order valence-corrected chi connectivity index (χ3v) is 7.10. The third kappa shape index (κ3) is 6.03. The zero-order valence-electron chi connectivity index (χ0n) is 24.2. The van der Waals surface area contributed by atoms with Crippen molar-refractivity contribution in [3.05, 3.63) is 90.5 Å². The normalized spacial score (nSPS) is 13.0. The third-order valence-electron chi connectivity index (χ3n) is 7.10. The van der Waals surface area contributed by atoms with Gasteiger partial charge in [-0.15, -0.1) is 0 Å². The van der Waals surface area contributed by atoms with Crippen LogP contribution in [0.2, 0.25) is 0 Å². The molecule has 0 unspecified atom stereocenters. The topological polar surface area (TPSA) is 111 Å². The molecule has 0 aliphatic carbocycles. The highest BCUT2D eigenvalue weighted by atomic mass is 16.5. The smallest absolute Gasteiger partial charge is 0.323 e. The van der Waals surface area contributed by atoms with Gasteiger partial charge in [0.1, 0.15) is 17.2 Å². The number of anilines is 2. The molecule has 5 aromatic rings. The standard InChI is InChI=1S/C32H34N8O2/c1-32(2,3)40-20-29(30(38-40)22-5-6-23-17-33-13-11-21(23)15-22)37-31(41)36-25-7-9-26(10-8-25)42-27-12-14-34-28(16-27)24-18-35-39(4)19-24/h5-10,12,14-16,18-20,33H,11,13,17H2,1-4H3,(H2,36,37,41). The molecule has 0 saturated heterocycles. The molecular formula is C32H34N8O2. The van der Waals surface area contributed by atoms with Crippen LogP contribution < -0.4 is 20.7 Å². The lowest BCUT2D eigenvalue weighted by Gasteiger charge is -2.19. The molecule has 10 heteroatoms. The zero-order chi connectivity index (χ0) is 29.3. The van der Waals surface area contributed by atoms with Gasteiger partial charge in [0.25, 0.3) is 0 Å². The predicted octanol–water partition coefficient (Wildman–Crippen LogP) is 6.18. The summed E-state index contributed by atoms with van der Waals surface area (Å²) in [5.41, 5.74) is 7.08. The number of pyridine rings is 1. The van der Waals surface area contributed by atoms with E-state index in [1.165, 1.54) is 11.1 Å². The minimum Gasteiger partial charge on any atom is -0.457 e. The second-order valence-corrected chi connectivity index (χ2v) is 11.4. The second-order valence-electron chi connectivity index (χ2n) is 11.4. The van der Waals surface area contributed by atoms with E-state index in [0.29, 0.717) is 22.9 Å². The Kier molecular flexibility index (Phi) is 7.22. The summed E-state index contributed by atoms with van der Waals surface area (Å²) in [5.74, 6) is 1.30. The average Bonchev–Trinajstić information content (AvgIpc) is 3.60. The number of urea groups is 1. The van der Waals surface area contributed by atoms with Gasteiger partial charge < -0.3 is 20.7 Å². The van der Waals surface area contributed by atoms with Crippen LogP contribution in [0.15, 0.2) is 79.4 Å². The van der Waals surface area contributed by atoms with Crippen LogP contribution in [0.25, 0.3) is 22.5 Å². The van der Waals surface area contributed by atoms with Crippen LogP contribution >= 0.6 is 0 Å². The van der Waals surface area contributed by atoms with Gasteiger partial charge in [-0.3, -0.25) is 14.3 Å². The van der Waals surface area contributed by atoms with Crippen molar-refractivity contribution in [1.29, 1.82) is 0 Å². The van der Waals surface area contributed by atoms with Gasteiger partial charge in [0.2, 0.25) is 0 Å². The quantitative estimate of drug-likeness (QED) is 0.228. The summed E-state index contributed by atoms with van der Waals surface area (Å²) in [5, 5.41) is 18.4. The summed E-state index contributed by atoms with van der Waals surface area (Å²) >= 11 is 0. The van der Waals surface area contributed by atoms with Gasteiger partial charge in [0.15, 0.2) is 0 Å². The van der Waals surface area contributed by atoms with Crippen molar-refractivity contribution in [1.82, 2.24) is 29.9 Å². The van der Waals surface area contributed by atoms with E-state index in [2.05, 4.69) is 65.0 Å². The number of hydrogen-bond donors (Lipinski definition) is 3. The van der Waals surface area contributed by atoms with Crippen molar-refractivity contribution in [3.63, 3.8) is 0 Å². The molecule has 1 aliphatic heterocycles. The number of carbonyl (C=O) groups is 1. The van der Waals surface area contributed by atoms with Crippen molar-refractivity contribution >= 4 is 17.4 Å². The second kappa shape index (κ2) is 11.1. The maximum atomic E-state index is 13.1. The van der Waals surface area contributed by atoms with Crippen molar-refractivity contribution in [2.75, 3.05) is 17.2 Å². The van der Waals surface area contributed by atoms with Crippen LogP contribution in [0, 0.1) is 0 Å². The first-order chi connectivity index (χ1) is 20.2. The lowest BCUT2D eigenvalue weighted by molar-refractivity contribution is 0.262. The van der Waals surface area contributed by atoms with E-state index < -0.39 is 0 Å². The largest absolute Gasteiger partial charge is 0.457 e. The molecule has 0 bridgehead atoms. The number of aryl methyl sites for hydroxylation is 1. The summed E-state index contributed by atoms with van der Waals surface area (Å²) in [6.45, 7) is 8.09. The molecule has 6 rings (SSSR count). The Morgan fingerprint density at radius 1 is 0.952 bits per heavy atom. The molecule has 3 aromatic heterocycles. The first-order valence-corrected chi connectivity index (χ1v) is 14.0. The highest BCUT2D eigenvalue weighted by molar-refractivity contribution is 6.01. The van der Waals surface area contributed by atoms with Gasteiger partial charge in [0, 0.05) is 55.1 Å². The Bertz CT molecular complexity index is 1730. The van der Waals surface area contributed by atoms with E-state index in [-0.39, 0.29) is 11.6 Å². The van der Waals surface area contributed by atoms with E-state index in [0.717, 1.165) is 42.0 Å². The first kappa shape index (κ1) is 27.2. The van der Waals surface area contributed by atoms with Gasteiger partial charge in [-0.05, 0) is 81.3 Å². The average molecular weight is 563 g/mol. The van der Waals surface area contributed by atoms with Crippen molar-refractivity contribution in [2.24, 2.45) is 7.05 Å². The van der Waals surface area contributed by atoms with Gasteiger partial charge >= 0.3 is 6.03 Å². The number of nitrogens with zero attached hydrogens (tertiary/aromatic N) is 5. The Morgan fingerprint density at radius 2 is 1.79 bits per heavy atom. The molecule has 0 atom stereocenters. The summed E-state index contributed by atoms with van der Waals surface area (Å²) in [6.07, 6.45) is 8.23. The molecule has 4 heterocycles. The predicted molar refractivity (Wildman–Crippen MR) is 164 cm³/mol. The molecule has 214 valence electrons. The van der Waals surface area contributed by atoms with E-state index in [4.69, 9.17) is 9.84 Å². The van der Waals surface area contributed by atoms with Crippen LogP contribution in [0.3, 0.4) is 0 Å². The summed E-state index contributed by atoms with van der Waals surface area (Å²) in [6, 6.07) is 16.9. The fourth-order valence-electron chi connectivity index (χ4n) is 4.86. The van der Waals surface area contributed by atoms with E-state index in [9.17, 15) is 4.79 Å². The Labute approximate surface area is 244 Å². The molecule has 3 N–H and O–H groups in total. The number of ether oxygens (including phenoxy) is 1. The summed E-state index contributed by atoms with van der Waals surface area (Å²) in [7, 11) is 1.87. The molecule has 1 aliphatic rings. The highest BCUT2D eigenvalue weighted by Gasteiger charge is 2.21. The van der Waals surface area contributed by atoms with Crippen molar-refractivity contribution in [3.8, 4) is 34.0 Å². The van der Waals surface area contributed by atoms with Crippen LogP contribution in [0.1, 0.15) is 31.9 Å². The number of carbonyl (C=O) groups excluding carboxylic acids is 1. The van der Waals surface area contributed by atoms with Gasteiger partial charge in [0.05, 0.1) is 23.1 Å². The van der Waals surface area contributed by atoms with Crippen LogP contribution in [0.4, 0.5) is 16.2 Å². The minimum absolute atomic E-state index is 0.243. The Hall–Kier alpha value is -4.96. The highest BCUT2D eigenvalue weighted by Crippen LogP contribution is 2.32. The summed E-state index contributed by atoms with van der Waals surface area (Å²) in [4.78, 5) is 17.5. The molecule has 0 saturated carbocycles. The van der Waals surface area contributed by atoms with Gasteiger partial charge in [-0.1, -0.05) is 12.1 Å². The fourth-order valence-corrected chi connectivity index (χ4v) is 4.86. The molecule has 0 radical (unpaired) electrons. The van der Waals surface area contributed by atoms with E-state index >= 15 is 0 Å². The molecule has 10 nitrogen and oxygen atoms in total. The number of hydrogen-bond acceptors (Lipinski definition) is 6. The van der Waals surface area contributed by atoms with E-state index in [1.54, 1.807) is 35.3 Å². The number of fused-ring (bicyclic) bond motifs is 1. The lowest BCUT2D eigenvalue weighted by Crippen LogP contribution is -2.23. The minimum atomic E-state index is -0.351. The number of amides is 2. The number of rotatable bonds is 6. The number of benzene rings is 2. The molecule has 42 heavy (non-hydrogen) atoms. The SMILES string of the molecule is Cn1cc(-c2cc(Oc3ccc(NC(=O)Nc4cn(C(C)(C)C)nc4-c4ccc5c(c4)CCNC5)cc3)ccn2)cn1. The van der Waals surface area contributed by atoms with Crippen LogP contribution in [-0.4, -0.2) is 37.1 Å². The first-order valence-electron chi connectivity index (χ1n) is 14.0. The fraction of sp³-hybridized carbons (Fsp3) is 0.250. The number of nitrogens with one attached hydrogen (secondary N) is 3. The molecular weight excluding hydrogens is 528 g/mol. The number of aromatic nitrogens is 5. The Balaban J connectivity index is 1.15.